The van der Waals surface area contributed by atoms with Gasteiger partial charge in [-0.25, -0.2) is 0 Å². The maximum atomic E-state index is 12.8. The summed E-state index contributed by atoms with van der Waals surface area (Å²) in [5, 5.41) is 8.75. The Labute approximate surface area is 205 Å². The largest absolute Gasteiger partial charge is 0.376 e. The summed E-state index contributed by atoms with van der Waals surface area (Å²) in [6, 6.07) is 23.2. The summed E-state index contributed by atoms with van der Waals surface area (Å²) in [6.45, 7) is 3.82. The van der Waals surface area contributed by atoms with Gasteiger partial charge in [0.25, 0.3) is 11.8 Å². The van der Waals surface area contributed by atoms with E-state index in [1.165, 1.54) is 0 Å². The number of anilines is 3. The Balaban J connectivity index is 1.30. The topological polar surface area (TPSA) is 90.5 Å². The van der Waals surface area contributed by atoms with Crippen LogP contribution in [-0.2, 0) is 4.79 Å². The smallest absolute Gasteiger partial charge is 0.255 e. The van der Waals surface area contributed by atoms with Gasteiger partial charge in [-0.3, -0.25) is 14.4 Å². The molecule has 1 heterocycles. The summed E-state index contributed by atoms with van der Waals surface area (Å²) in [5.41, 5.74) is 3.04. The predicted octanol–water partition coefficient (Wildman–Crippen LogP) is 4.86. The normalized spacial score (nSPS) is 13.7. The van der Waals surface area contributed by atoms with E-state index in [2.05, 4.69) is 22.9 Å². The van der Waals surface area contributed by atoms with Crippen molar-refractivity contribution in [2.24, 2.45) is 5.92 Å². The molecule has 0 saturated carbocycles. The first-order chi connectivity index (χ1) is 17.0. The van der Waals surface area contributed by atoms with Crippen molar-refractivity contribution in [2.45, 2.75) is 19.8 Å². The molecule has 0 atom stereocenters. The summed E-state index contributed by atoms with van der Waals surface area (Å²) >= 11 is 0. The molecule has 3 aromatic rings. The molecule has 3 aromatic carbocycles. The molecule has 0 radical (unpaired) electrons. The second-order valence-electron chi connectivity index (χ2n) is 8.86. The average molecular weight is 471 g/mol. The highest BCUT2D eigenvalue weighted by Crippen LogP contribution is 2.20. The molecule has 1 aliphatic heterocycles. The van der Waals surface area contributed by atoms with Crippen molar-refractivity contribution < 1.29 is 14.4 Å². The van der Waals surface area contributed by atoms with Gasteiger partial charge in [-0.1, -0.05) is 37.3 Å². The van der Waals surface area contributed by atoms with Gasteiger partial charge in [0.2, 0.25) is 5.91 Å². The lowest BCUT2D eigenvalue weighted by atomic mass is 9.98. The fourth-order valence-corrected chi connectivity index (χ4v) is 4.01. The fraction of sp³-hybridized carbons (Fsp3) is 0.250. The highest BCUT2D eigenvalue weighted by atomic mass is 16.2. The summed E-state index contributed by atoms with van der Waals surface area (Å²) in [4.78, 5) is 39.6. The number of carbonyl (C=O) groups is 3. The zero-order chi connectivity index (χ0) is 24.6. The standard InChI is InChI=1S/C28H30N4O3/c1-20-13-15-32(16-14-20)28(35)22-9-5-10-23(17-22)29-19-26(33)30-24-11-6-12-25(18-24)31-27(34)21-7-3-2-4-8-21/h2-12,17-18,20,29H,13-16,19H2,1H3,(H,30,33)(H,31,34). The van der Waals surface area contributed by atoms with Crippen molar-refractivity contribution in [2.75, 3.05) is 35.6 Å². The average Bonchev–Trinajstić information content (AvgIpc) is 2.88. The van der Waals surface area contributed by atoms with E-state index in [9.17, 15) is 14.4 Å². The second-order valence-corrected chi connectivity index (χ2v) is 8.86. The Kier molecular flexibility index (Phi) is 7.77. The molecule has 35 heavy (non-hydrogen) atoms. The van der Waals surface area contributed by atoms with Crippen molar-refractivity contribution in [1.29, 1.82) is 0 Å². The first-order valence-corrected chi connectivity index (χ1v) is 11.9. The van der Waals surface area contributed by atoms with Crippen molar-refractivity contribution in [3.63, 3.8) is 0 Å². The van der Waals surface area contributed by atoms with E-state index in [0.29, 0.717) is 34.1 Å². The number of carbonyl (C=O) groups excluding carboxylic acids is 3. The van der Waals surface area contributed by atoms with Crippen LogP contribution >= 0.6 is 0 Å². The number of piperidine rings is 1. The number of nitrogens with zero attached hydrogens (tertiary/aromatic N) is 1. The molecule has 7 heteroatoms. The van der Waals surface area contributed by atoms with Gasteiger partial charge >= 0.3 is 0 Å². The fourth-order valence-electron chi connectivity index (χ4n) is 4.01. The molecule has 0 bridgehead atoms. The van der Waals surface area contributed by atoms with Crippen LogP contribution in [-0.4, -0.2) is 42.3 Å². The molecule has 0 aliphatic carbocycles. The number of hydrogen-bond acceptors (Lipinski definition) is 4. The summed E-state index contributed by atoms with van der Waals surface area (Å²) in [6.07, 6.45) is 2.06. The van der Waals surface area contributed by atoms with E-state index in [1.807, 2.05) is 23.1 Å². The van der Waals surface area contributed by atoms with Crippen LogP contribution in [0.4, 0.5) is 17.1 Å². The maximum Gasteiger partial charge on any atom is 0.255 e. The van der Waals surface area contributed by atoms with E-state index in [-0.39, 0.29) is 24.3 Å². The molecule has 0 aromatic heterocycles. The quantitative estimate of drug-likeness (QED) is 0.460. The molecule has 180 valence electrons. The van der Waals surface area contributed by atoms with Crippen LogP contribution in [0.15, 0.2) is 78.9 Å². The minimum absolute atomic E-state index is 0.0272. The Morgan fingerprint density at radius 2 is 1.40 bits per heavy atom. The number of nitrogens with one attached hydrogen (secondary N) is 3. The molecular formula is C28H30N4O3. The lowest BCUT2D eigenvalue weighted by molar-refractivity contribution is -0.114. The van der Waals surface area contributed by atoms with Crippen molar-refractivity contribution in [1.82, 2.24) is 4.90 Å². The summed E-state index contributed by atoms with van der Waals surface area (Å²) in [7, 11) is 0. The molecule has 3 N–H and O–H groups in total. The number of benzene rings is 3. The van der Waals surface area contributed by atoms with Crippen LogP contribution in [0.3, 0.4) is 0 Å². The van der Waals surface area contributed by atoms with Gasteiger partial charge in [0, 0.05) is 41.3 Å². The number of rotatable bonds is 7. The SMILES string of the molecule is CC1CCN(C(=O)c2cccc(NCC(=O)Nc3cccc(NC(=O)c4ccccc4)c3)c2)CC1. The minimum Gasteiger partial charge on any atom is -0.376 e. The van der Waals surface area contributed by atoms with Gasteiger partial charge in [-0.2, -0.15) is 0 Å². The molecule has 4 rings (SSSR count). The minimum atomic E-state index is -0.238. The van der Waals surface area contributed by atoms with Crippen LogP contribution in [0, 0.1) is 5.92 Å². The number of amides is 3. The molecule has 0 unspecified atom stereocenters. The van der Waals surface area contributed by atoms with Crippen LogP contribution in [0.2, 0.25) is 0 Å². The molecule has 1 saturated heterocycles. The predicted molar refractivity (Wildman–Crippen MR) is 139 cm³/mol. The maximum absolute atomic E-state index is 12.8. The Hall–Kier alpha value is -4.13. The van der Waals surface area contributed by atoms with Crippen LogP contribution in [0.1, 0.15) is 40.5 Å². The van der Waals surface area contributed by atoms with Crippen LogP contribution < -0.4 is 16.0 Å². The molecule has 1 fully saturated rings. The van der Waals surface area contributed by atoms with Gasteiger partial charge in [0.1, 0.15) is 0 Å². The van der Waals surface area contributed by atoms with E-state index in [0.717, 1.165) is 25.9 Å². The molecule has 3 amide bonds. The van der Waals surface area contributed by atoms with Crippen molar-refractivity contribution in [3.05, 3.63) is 90.0 Å². The lowest BCUT2D eigenvalue weighted by Gasteiger charge is -2.30. The number of likely N-dealkylation sites (tertiary alicyclic amines) is 1. The van der Waals surface area contributed by atoms with Gasteiger partial charge in [-0.05, 0) is 67.3 Å². The Bertz CT molecular complexity index is 1190. The van der Waals surface area contributed by atoms with Gasteiger partial charge in [0.15, 0.2) is 0 Å². The first kappa shape index (κ1) is 24.0. The van der Waals surface area contributed by atoms with E-state index < -0.39 is 0 Å². The molecular weight excluding hydrogens is 440 g/mol. The third kappa shape index (κ3) is 6.69. The van der Waals surface area contributed by atoms with E-state index in [4.69, 9.17) is 0 Å². The van der Waals surface area contributed by atoms with Gasteiger partial charge in [0.05, 0.1) is 6.54 Å². The zero-order valence-corrected chi connectivity index (χ0v) is 19.8. The van der Waals surface area contributed by atoms with Crippen LogP contribution in [0.5, 0.6) is 0 Å². The van der Waals surface area contributed by atoms with E-state index in [1.54, 1.807) is 60.7 Å². The first-order valence-electron chi connectivity index (χ1n) is 11.9. The Morgan fingerprint density at radius 3 is 2.14 bits per heavy atom. The lowest BCUT2D eigenvalue weighted by Crippen LogP contribution is -2.37. The molecule has 7 nitrogen and oxygen atoms in total. The van der Waals surface area contributed by atoms with Crippen LogP contribution in [0.25, 0.3) is 0 Å². The van der Waals surface area contributed by atoms with Gasteiger partial charge in [-0.15, -0.1) is 0 Å². The summed E-state index contributed by atoms with van der Waals surface area (Å²) < 4.78 is 0. The van der Waals surface area contributed by atoms with Crippen molar-refractivity contribution in [3.8, 4) is 0 Å². The molecule has 0 spiro atoms. The third-order valence-electron chi connectivity index (χ3n) is 6.07. The Morgan fingerprint density at radius 1 is 0.771 bits per heavy atom. The molecule has 1 aliphatic rings. The van der Waals surface area contributed by atoms with E-state index >= 15 is 0 Å². The van der Waals surface area contributed by atoms with Crippen molar-refractivity contribution >= 4 is 34.8 Å². The summed E-state index contributed by atoms with van der Waals surface area (Å²) in [5.74, 6) is 0.230. The van der Waals surface area contributed by atoms with Gasteiger partial charge < -0.3 is 20.9 Å². The highest BCUT2D eigenvalue weighted by Gasteiger charge is 2.21. The second kappa shape index (κ2) is 11.3. The zero-order valence-electron chi connectivity index (χ0n) is 19.8. The monoisotopic (exact) mass is 470 g/mol. The third-order valence-corrected chi connectivity index (χ3v) is 6.07. The highest BCUT2D eigenvalue weighted by molar-refractivity contribution is 6.04. The number of hydrogen-bond donors (Lipinski definition) is 3.